The van der Waals surface area contributed by atoms with Crippen LogP contribution in [0.4, 0.5) is 0 Å². The fraction of sp³-hybridized carbons (Fsp3) is 1.00. The second-order valence-corrected chi connectivity index (χ2v) is 5.25. The van der Waals surface area contributed by atoms with Gasteiger partial charge in [-0.15, -0.1) is 0 Å². The third-order valence-corrected chi connectivity index (χ3v) is 3.95. The van der Waals surface area contributed by atoms with E-state index in [9.17, 15) is 5.11 Å². The highest BCUT2D eigenvalue weighted by Gasteiger charge is 2.31. The lowest BCUT2D eigenvalue weighted by Gasteiger charge is -2.41. The predicted molar refractivity (Wildman–Crippen MR) is 63.2 cm³/mol. The highest BCUT2D eigenvalue weighted by atomic mass is 16.3. The van der Waals surface area contributed by atoms with Crippen LogP contribution in [0.2, 0.25) is 0 Å². The fourth-order valence-electron chi connectivity index (χ4n) is 2.82. The van der Waals surface area contributed by atoms with Crippen molar-refractivity contribution in [2.45, 2.75) is 25.4 Å². The molecule has 94 valence electrons. The molecular formula is C12H24N2O2. The molecule has 2 unspecified atom stereocenters. The van der Waals surface area contributed by atoms with E-state index in [2.05, 4.69) is 10.2 Å². The van der Waals surface area contributed by atoms with Crippen molar-refractivity contribution in [1.29, 1.82) is 0 Å². The second-order valence-electron chi connectivity index (χ2n) is 5.25. The van der Waals surface area contributed by atoms with E-state index in [1.807, 2.05) is 0 Å². The van der Waals surface area contributed by atoms with Crippen molar-refractivity contribution in [2.24, 2.45) is 11.8 Å². The van der Waals surface area contributed by atoms with Crippen LogP contribution in [0.1, 0.15) is 19.3 Å². The first-order valence-electron chi connectivity index (χ1n) is 6.51. The van der Waals surface area contributed by atoms with Gasteiger partial charge in [-0.25, -0.2) is 0 Å². The number of piperidine rings is 1. The van der Waals surface area contributed by atoms with E-state index in [0.29, 0.717) is 6.42 Å². The van der Waals surface area contributed by atoms with E-state index in [0.717, 1.165) is 31.5 Å². The zero-order valence-electron chi connectivity index (χ0n) is 9.94. The highest BCUT2D eigenvalue weighted by Crippen LogP contribution is 2.26. The maximum Gasteiger partial charge on any atom is 0.0688 e. The molecule has 0 saturated carbocycles. The van der Waals surface area contributed by atoms with Gasteiger partial charge in [0.05, 0.1) is 6.10 Å². The second kappa shape index (κ2) is 5.96. The maximum absolute atomic E-state index is 9.68. The lowest BCUT2D eigenvalue weighted by Crippen LogP contribution is -2.51. The van der Waals surface area contributed by atoms with Crippen molar-refractivity contribution in [3.05, 3.63) is 0 Å². The van der Waals surface area contributed by atoms with E-state index in [1.54, 1.807) is 0 Å². The monoisotopic (exact) mass is 228 g/mol. The predicted octanol–water partition coefficient (Wildman–Crippen LogP) is -0.339. The minimum absolute atomic E-state index is 0.0883. The van der Waals surface area contributed by atoms with Gasteiger partial charge in [-0.3, -0.25) is 0 Å². The average molecular weight is 228 g/mol. The van der Waals surface area contributed by atoms with Gasteiger partial charge in [-0.05, 0) is 50.7 Å². The summed E-state index contributed by atoms with van der Waals surface area (Å²) in [6.07, 6.45) is 2.75. The van der Waals surface area contributed by atoms with E-state index in [4.69, 9.17) is 5.11 Å². The average Bonchev–Trinajstić information content (AvgIpc) is 2.15. The van der Waals surface area contributed by atoms with Gasteiger partial charge in [0.15, 0.2) is 0 Å². The zero-order chi connectivity index (χ0) is 11.4. The number of hydrogen-bond donors (Lipinski definition) is 3. The minimum atomic E-state index is -0.358. The first-order chi connectivity index (χ1) is 7.79. The van der Waals surface area contributed by atoms with Gasteiger partial charge in [0, 0.05) is 19.7 Å². The van der Waals surface area contributed by atoms with E-state index in [-0.39, 0.29) is 12.7 Å². The lowest BCUT2D eigenvalue weighted by molar-refractivity contribution is 0.0495. The standard InChI is InChI=1S/C12H24N2O2/c15-5-3-12(16)9-14-4-1-2-10(8-14)11-6-13-7-11/h10-13,15-16H,1-9H2. The lowest BCUT2D eigenvalue weighted by atomic mass is 9.82. The molecule has 16 heavy (non-hydrogen) atoms. The highest BCUT2D eigenvalue weighted by molar-refractivity contribution is 4.86. The molecule has 4 nitrogen and oxygen atoms in total. The fourth-order valence-corrected chi connectivity index (χ4v) is 2.82. The van der Waals surface area contributed by atoms with Gasteiger partial charge in [0.2, 0.25) is 0 Å². The van der Waals surface area contributed by atoms with Crippen LogP contribution in [0.3, 0.4) is 0 Å². The Morgan fingerprint density at radius 3 is 2.75 bits per heavy atom. The third-order valence-electron chi connectivity index (χ3n) is 3.95. The molecule has 0 spiro atoms. The van der Waals surface area contributed by atoms with Gasteiger partial charge in [-0.1, -0.05) is 0 Å². The number of nitrogens with zero attached hydrogens (tertiary/aromatic N) is 1. The van der Waals surface area contributed by atoms with Crippen LogP contribution < -0.4 is 5.32 Å². The SMILES string of the molecule is OCCC(O)CN1CCCC(C2CNC2)C1. The van der Waals surface area contributed by atoms with Crippen LogP contribution in [-0.4, -0.2) is 60.5 Å². The van der Waals surface area contributed by atoms with Gasteiger partial charge >= 0.3 is 0 Å². The van der Waals surface area contributed by atoms with E-state index in [1.165, 1.54) is 25.9 Å². The molecule has 2 aliphatic rings. The Balaban J connectivity index is 1.72. The topological polar surface area (TPSA) is 55.7 Å². The van der Waals surface area contributed by atoms with Crippen molar-refractivity contribution in [1.82, 2.24) is 10.2 Å². The summed E-state index contributed by atoms with van der Waals surface area (Å²) in [5, 5.41) is 21.8. The van der Waals surface area contributed by atoms with E-state index >= 15 is 0 Å². The number of likely N-dealkylation sites (tertiary alicyclic amines) is 1. The largest absolute Gasteiger partial charge is 0.396 e. The molecule has 2 fully saturated rings. The molecule has 0 aliphatic carbocycles. The first-order valence-corrected chi connectivity index (χ1v) is 6.51. The molecule has 2 rings (SSSR count). The Hall–Kier alpha value is -0.160. The van der Waals surface area contributed by atoms with E-state index < -0.39 is 0 Å². The number of β-amino-alcohol motifs (C(OH)–C–C–N with tert-alkyl or cyclic N) is 1. The summed E-state index contributed by atoms with van der Waals surface area (Å²) in [4.78, 5) is 2.37. The van der Waals surface area contributed by atoms with Crippen LogP contribution in [-0.2, 0) is 0 Å². The molecule has 3 N–H and O–H groups in total. The Kier molecular flexibility index (Phi) is 4.58. The van der Waals surface area contributed by atoms with Crippen LogP contribution in [0.15, 0.2) is 0 Å². The molecule has 0 aromatic heterocycles. The Bertz CT molecular complexity index is 209. The molecule has 2 atom stereocenters. The number of nitrogens with one attached hydrogen (secondary N) is 1. The molecule has 0 bridgehead atoms. The van der Waals surface area contributed by atoms with Gasteiger partial charge in [0.1, 0.15) is 0 Å². The van der Waals surface area contributed by atoms with Crippen molar-refractivity contribution in [3.8, 4) is 0 Å². The maximum atomic E-state index is 9.68. The van der Waals surface area contributed by atoms with Crippen molar-refractivity contribution in [3.63, 3.8) is 0 Å². The Morgan fingerprint density at radius 1 is 1.31 bits per heavy atom. The van der Waals surface area contributed by atoms with Gasteiger partial charge in [0.25, 0.3) is 0 Å². The molecule has 0 amide bonds. The summed E-state index contributed by atoms with van der Waals surface area (Å²) >= 11 is 0. The van der Waals surface area contributed by atoms with Crippen LogP contribution in [0.25, 0.3) is 0 Å². The summed E-state index contributed by atoms with van der Waals surface area (Å²) < 4.78 is 0. The molecular weight excluding hydrogens is 204 g/mol. The van der Waals surface area contributed by atoms with Crippen LogP contribution >= 0.6 is 0 Å². The molecule has 0 aromatic carbocycles. The number of aliphatic hydroxyl groups excluding tert-OH is 2. The number of hydrogen-bond acceptors (Lipinski definition) is 4. The molecule has 2 heterocycles. The summed E-state index contributed by atoms with van der Waals surface area (Å²) in [5.41, 5.74) is 0. The summed E-state index contributed by atoms with van der Waals surface area (Å²) in [5.74, 6) is 1.68. The summed E-state index contributed by atoms with van der Waals surface area (Å²) in [6, 6.07) is 0. The van der Waals surface area contributed by atoms with Crippen molar-refractivity contribution < 1.29 is 10.2 Å². The molecule has 0 radical (unpaired) electrons. The van der Waals surface area contributed by atoms with Crippen LogP contribution in [0.5, 0.6) is 0 Å². The molecule has 2 aliphatic heterocycles. The third kappa shape index (κ3) is 3.17. The van der Waals surface area contributed by atoms with Gasteiger partial charge in [-0.2, -0.15) is 0 Å². The number of aliphatic hydroxyl groups is 2. The summed E-state index contributed by atoms with van der Waals surface area (Å²) in [7, 11) is 0. The summed E-state index contributed by atoms with van der Waals surface area (Å²) in [6.45, 7) is 5.42. The zero-order valence-corrected chi connectivity index (χ0v) is 9.94. The van der Waals surface area contributed by atoms with Crippen LogP contribution in [0, 0.1) is 11.8 Å². The molecule has 0 aromatic rings. The molecule has 4 heteroatoms. The normalized spacial score (nSPS) is 30.0. The quantitative estimate of drug-likeness (QED) is 0.603. The smallest absolute Gasteiger partial charge is 0.0688 e. The Labute approximate surface area is 97.6 Å². The minimum Gasteiger partial charge on any atom is -0.396 e. The Morgan fingerprint density at radius 2 is 2.12 bits per heavy atom. The van der Waals surface area contributed by atoms with Crippen molar-refractivity contribution in [2.75, 3.05) is 39.3 Å². The molecule has 2 saturated heterocycles. The van der Waals surface area contributed by atoms with Gasteiger partial charge < -0.3 is 20.4 Å². The number of rotatable bonds is 5. The first kappa shape index (κ1) is 12.3. The van der Waals surface area contributed by atoms with Crippen molar-refractivity contribution >= 4 is 0 Å².